The van der Waals surface area contributed by atoms with Gasteiger partial charge in [0.1, 0.15) is 0 Å². The van der Waals surface area contributed by atoms with Crippen molar-refractivity contribution in [2.75, 3.05) is 0 Å². The summed E-state index contributed by atoms with van der Waals surface area (Å²) in [6, 6.07) is 8.61. The van der Waals surface area contributed by atoms with E-state index in [0.29, 0.717) is 5.92 Å². The van der Waals surface area contributed by atoms with Gasteiger partial charge in [0.05, 0.1) is 0 Å². The number of aliphatic carboxylic acids is 1. The van der Waals surface area contributed by atoms with Gasteiger partial charge in [-0.25, -0.2) is 4.79 Å². The molecule has 19 heavy (non-hydrogen) atoms. The third kappa shape index (κ3) is 3.57. The zero-order chi connectivity index (χ0) is 13.8. The fourth-order valence-electron chi connectivity index (χ4n) is 2.43. The van der Waals surface area contributed by atoms with Gasteiger partial charge in [-0.1, -0.05) is 44.2 Å². The van der Waals surface area contributed by atoms with Gasteiger partial charge in [-0.3, -0.25) is 0 Å². The monoisotopic (exact) mass is 256 g/mol. The highest BCUT2D eigenvalue weighted by Crippen LogP contribution is 2.30. The molecule has 1 N–H and O–H groups in total. The number of hydrogen-bond acceptors (Lipinski definition) is 1. The van der Waals surface area contributed by atoms with Crippen LogP contribution in [0.25, 0.3) is 5.57 Å². The SMILES string of the molecule is CC(C)c1ccc(C2=C/C(=C/C(=O)O)CCC2)cc1. The summed E-state index contributed by atoms with van der Waals surface area (Å²) in [6.45, 7) is 4.37. The van der Waals surface area contributed by atoms with Crippen molar-refractivity contribution in [2.45, 2.75) is 39.0 Å². The quantitative estimate of drug-likeness (QED) is 0.814. The highest BCUT2D eigenvalue weighted by atomic mass is 16.4. The molecule has 0 atom stereocenters. The van der Waals surface area contributed by atoms with E-state index < -0.39 is 5.97 Å². The minimum Gasteiger partial charge on any atom is -0.478 e. The van der Waals surface area contributed by atoms with Gasteiger partial charge in [-0.15, -0.1) is 0 Å². The Morgan fingerprint density at radius 3 is 2.47 bits per heavy atom. The Hall–Kier alpha value is -1.83. The Morgan fingerprint density at radius 1 is 1.21 bits per heavy atom. The van der Waals surface area contributed by atoms with Crippen LogP contribution in [0, 0.1) is 0 Å². The van der Waals surface area contributed by atoms with Gasteiger partial charge in [0, 0.05) is 6.08 Å². The normalized spacial score (nSPS) is 17.6. The van der Waals surface area contributed by atoms with Crippen molar-refractivity contribution in [2.24, 2.45) is 0 Å². The lowest BCUT2D eigenvalue weighted by atomic mass is 9.89. The summed E-state index contributed by atoms with van der Waals surface area (Å²) >= 11 is 0. The Bertz CT molecular complexity index is 519. The second kappa shape index (κ2) is 5.87. The molecule has 0 heterocycles. The van der Waals surface area contributed by atoms with Crippen LogP contribution >= 0.6 is 0 Å². The summed E-state index contributed by atoms with van der Waals surface area (Å²) < 4.78 is 0. The molecule has 0 fully saturated rings. The average molecular weight is 256 g/mol. The molecule has 1 aromatic carbocycles. The van der Waals surface area contributed by atoms with Crippen molar-refractivity contribution in [1.29, 1.82) is 0 Å². The van der Waals surface area contributed by atoms with E-state index in [1.807, 2.05) is 6.08 Å². The lowest BCUT2D eigenvalue weighted by molar-refractivity contribution is -0.131. The molecular weight excluding hydrogens is 236 g/mol. The first kappa shape index (κ1) is 13.6. The van der Waals surface area contributed by atoms with Gasteiger partial charge in [0.25, 0.3) is 0 Å². The molecule has 0 amide bonds. The molecule has 2 nitrogen and oxygen atoms in total. The standard InChI is InChI=1S/C17H20O2/c1-12(2)14-6-8-15(9-7-14)16-5-3-4-13(10-16)11-17(18)19/h6-12H,3-5H2,1-2H3,(H,18,19)/b13-11+. The first-order valence-electron chi connectivity index (χ1n) is 6.80. The largest absolute Gasteiger partial charge is 0.478 e. The fraction of sp³-hybridized carbons (Fsp3) is 0.353. The second-order valence-corrected chi connectivity index (χ2v) is 5.36. The zero-order valence-electron chi connectivity index (χ0n) is 11.5. The number of carboxylic acids is 1. The average Bonchev–Trinajstić information content (AvgIpc) is 2.38. The van der Waals surface area contributed by atoms with E-state index in [1.165, 1.54) is 22.8 Å². The number of hydrogen-bond donors (Lipinski definition) is 1. The molecule has 1 aliphatic rings. The van der Waals surface area contributed by atoms with Crippen LogP contribution in [-0.2, 0) is 4.79 Å². The summed E-state index contributed by atoms with van der Waals surface area (Å²) in [7, 11) is 0. The maximum atomic E-state index is 10.7. The van der Waals surface area contributed by atoms with Gasteiger partial charge in [0.15, 0.2) is 0 Å². The van der Waals surface area contributed by atoms with E-state index in [4.69, 9.17) is 5.11 Å². The Balaban J connectivity index is 2.25. The fourth-order valence-corrected chi connectivity index (χ4v) is 2.43. The summed E-state index contributed by atoms with van der Waals surface area (Å²) in [5.74, 6) is -0.320. The smallest absolute Gasteiger partial charge is 0.328 e. The molecule has 1 aromatic rings. The van der Waals surface area contributed by atoms with Gasteiger partial charge >= 0.3 is 5.97 Å². The maximum Gasteiger partial charge on any atom is 0.328 e. The summed E-state index contributed by atoms with van der Waals surface area (Å²) in [5, 5.41) is 8.81. The molecule has 0 spiro atoms. The molecule has 0 unspecified atom stereocenters. The first-order valence-corrected chi connectivity index (χ1v) is 6.80. The molecular formula is C17H20O2. The number of rotatable bonds is 3. The van der Waals surface area contributed by atoms with E-state index in [0.717, 1.165) is 24.8 Å². The molecule has 0 aliphatic heterocycles. The highest BCUT2D eigenvalue weighted by Gasteiger charge is 2.10. The van der Waals surface area contributed by atoms with E-state index >= 15 is 0 Å². The van der Waals surface area contributed by atoms with Crippen molar-refractivity contribution >= 4 is 11.5 Å². The van der Waals surface area contributed by atoms with Crippen LogP contribution in [-0.4, -0.2) is 11.1 Å². The van der Waals surface area contributed by atoms with Crippen LogP contribution in [0.1, 0.15) is 50.2 Å². The van der Waals surface area contributed by atoms with Crippen molar-refractivity contribution in [3.63, 3.8) is 0 Å². The number of carboxylic acid groups (broad SMARTS) is 1. The molecule has 2 heteroatoms. The van der Waals surface area contributed by atoms with E-state index in [1.54, 1.807) is 0 Å². The van der Waals surface area contributed by atoms with Crippen LogP contribution < -0.4 is 0 Å². The predicted molar refractivity (Wildman–Crippen MR) is 78.1 cm³/mol. The van der Waals surface area contributed by atoms with E-state index in [2.05, 4.69) is 38.1 Å². The minimum atomic E-state index is -0.859. The molecule has 0 aromatic heterocycles. The lowest BCUT2D eigenvalue weighted by Crippen LogP contribution is -1.98. The van der Waals surface area contributed by atoms with Crippen LogP contribution in [0.4, 0.5) is 0 Å². The van der Waals surface area contributed by atoms with Crippen LogP contribution in [0.5, 0.6) is 0 Å². The molecule has 1 aliphatic carbocycles. The summed E-state index contributed by atoms with van der Waals surface area (Å²) in [5.41, 5.74) is 4.71. The Morgan fingerprint density at radius 2 is 1.89 bits per heavy atom. The second-order valence-electron chi connectivity index (χ2n) is 5.36. The first-order chi connectivity index (χ1) is 9.06. The third-order valence-corrected chi connectivity index (χ3v) is 3.53. The van der Waals surface area contributed by atoms with Crippen LogP contribution in [0.2, 0.25) is 0 Å². The topological polar surface area (TPSA) is 37.3 Å². The zero-order valence-corrected chi connectivity index (χ0v) is 11.5. The van der Waals surface area contributed by atoms with Crippen molar-refractivity contribution in [3.05, 3.63) is 53.1 Å². The van der Waals surface area contributed by atoms with Gasteiger partial charge < -0.3 is 5.11 Å². The molecule has 0 bridgehead atoms. The Kier molecular flexibility index (Phi) is 4.20. The van der Waals surface area contributed by atoms with E-state index in [9.17, 15) is 4.79 Å². The molecule has 0 radical (unpaired) electrons. The molecule has 0 saturated heterocycles. The molecule has 2 rings (SSSR count). The Labute approximate surface area is 114 Å². The molecule has 0 saturated carbocycles. The van der Waals surface area contributed by atoms with Crippen LogP contribution in [0.15, 0.2) is 42.0 Å². The summed E-state index contributed by atoms with van der Waals surface area (Å²) in [6.07, 6.45) is 6.26. The van der Waals surface area contributed by atoms with Gasteiger partial charge in [-0.2, -0.15) is 0 Å². The van der Waals surface area contributed by atoms with Gasteiger partial charge in [0.2, 0.25) is 0 Å². The third-order valence-electron chi connectivity index (χ3n) is 3.53. The number of benzene rings is 1. The van der Waals surface area contributed by atoms with Crippen molar-refractivity contribution in [1.82, 2.24) is 0 Å². The van der Waals surface area contributed by atoms with Crippen LogP contribution in [0.3, 0.4) is 0 Å². The van der Waals surface area contributed by atoms with E-state index in [-0.39, 0.29) is 0 Å². The minimum absolute atomic E-state index is 0.539. The number of allylic oxidation sites excluding steroid dienone is 3. The highest BCUT2D eigenvalue weighted by molar-refractivity contribution is 5.82. The predicted octanol–water partition coefficient (Wildman–Crippen LogP) is 4.39. The number of carbonyl (C=O) groups is 1. The summed E-state index contributed by atoms with van der Waals surface area (Å²) in [4.78, 5) is 10.7. The maximum absolute atomic E-state index is 10.7. The van der Waals surface area contributed by atoms with Crippen molar-refractivity contribution in [3.8, 4) is 0 Å². The van der Waals surface area contributed by atoms with Gasteiger partial charge in [-0.05, 0) is 47.5 Å². The van der Waals surface area contributed by atoms with Crippen molar-refractivity contribution < 1.29 is 9.90 Å². The molecule has 100 valence electrons. The lowest BCUT2D eigenvalue weighted by Gasteiger charge is -2.16.